The molecule has 2 aliphatic heterocycles. The summed E-state index contributed by atoms with van der Waals surface area (Å²) in [6.07, 6.45) is 14.1. The lowest BCUT2D eigenvalue weighted by Gasteiger charge is -2.37. The Balaban J connectivity index is 0.000000253. The Bertz CT molecular complexity index is 2690. The number of aliphatic imine (C=N–C) groups is 4. The van der Waals surface area contributed by atoms with Gasteiger partial charge in [0, 0.05) is 29.1 Å². The highest BCUT2D eigenvalue weighted by Gasteiger charge is 2.49. The average Bonchev–Trinajstić information content (AvgIpc) is 3.85. The van der Waals surface area contributed by atoms with Gasteiger partial charge in [-0.1, -0.05) is 183 Å². The van der Waals surface area contributed by atoms with Crippen LogP contribution in [-0.2, 0) is 24.9 Å². The van der Waals surface area contributed by atoms with Crippen LogP contribution in [0.1, 0.15) is 46.2 Å². The molecule has 5 nitrogen and oxygen atoms in total. The number of fused-ring (bicyclic) bond motifs is 1. The molecule has 0 bridgehead atoms. The van der Waals surface area contributed by atoms with Gasteiger partial charge >= 0.3 is 0 Å². The van der Waals surface area contributed by atoms with E-state index < -0.39 is 5.41 Å². The van der Waals surface area contributed by atoms with Crippen molar-refractivity contribution in [2.24, 2.45) is 20.0 Å². The van der Waals surface area contributed by atoms with E-state index in [4.69, 9.17) is 4.99 Å². The number of anilines is 2. The number of nitrogens with zero attached hydrogens (tertiary/aromatic N) is 5. The monoisotopic (exact) mass is 791 g/mol. The molecule has 0 fully saturated rings. The third-order valence-corrected chi connectivity index (χ3v) is 11.3. The summed E-state index contributed by atoms with van der Waals surface area (Å²) >= 11 is 0. The normalized spacial score (nSPS) is 18.3. The predicted octanol–water partition coefficient (Wildman–Crippen LogP) is 13.0. The predicted molar refractivity (Wildman–Crippen MR) is 258 cm³/mol. The van der Waals surface area contributed by atoms with Crippen molar-refractivity contribution in [3.05, 3.63) is 263 Å². The van der Waals surface area contributed by atoms with E-state index in [9.17, 15) is 0 Å². The third kappa shape index (κ3) is 8.64. The number of para-hydroxylation sites is 1. The summed E-state index contributed by atoms with van der Waals surface area (Å²) in [4.78, 5) is 20.1. The zero-order chi connectivity index (χ0) is 41.9. The second kappa shape index (κ2) is 19.0. The van der Waals surface area contributed by atoms with Crippen LogP contribution in [0, 0.1) is 0 Å². The summed E-state index contributed by atoms with van der Waals surface area (Å²) in [6.45, 7) is 13.0. The minimum absolute atomic E-state index is 0.545. The summed E-state index contributed by atoms with van der Waals surface area (Å²) in [5, 5.41) is 0. The Kier molecular flexibility index (Phi) is 12.6. The Morgan fingerprint density at radius 2 is 1.33 bits per heavy atom. The lowest BCUT2D eigenvalue weighted by molar-refractivity contribution is 0.746. The number of hydrogen-bond acceptors (Lipinski definition) is 4. The Hall–Kier alpha value is -7.50. The Morgan fingerprint density at radius 1 is 0.689 bits per heavy atom. The number of hydrogen-bond donors (Lipinski definition) is 0. The highest BCUT2D eigenvalue weighted by molar-refractivity contribution is 6.16. The third-order valence-electron chi connectivity index (χ3n) is 11.3. The van der Waals surface area contributed by atoms with Crippen molar-refractivity contribution < 1.29 is 0 Å². The van der Waals surface area contributed by atoms with E-state index >= 15 is 0 Å². The second-order valence-corrected chi connectivity index (χ2v) is 15.1. The van der Waals surface area contributed by atoms with Crippen molar-refractivity contribution in [2.45, 2.75) is 37.8 Å². The van der Waals surface area contributed by atoms with E-state index in [0.717, 1.165) is 58.6 Å². The van der Waals surface area contributed by atoms with Gasteiger partial charge < -0.3 is 4.90 Å². The highest BCUT2D eigenvalue weighted by atomic mass is 15.2. The molecule has 3 aliphatic rings. The molecule has 0 N–H and O–H groups in total. The topological polar surface area (TPSA) is 52.7 Å². The molecular formula is C56H49N5. The molecule has 0 saturated heterocycles. The van der Waals surface area contributed by atoms with Gasteiger partial charge in [0.15, 0.2) is 5.84 Å². The van der Waals surface area contributed by atoms with Gasteiger partial charge in [0.05, 0.1) is 29.9 Å². The fourth-order valence-electron chi connectivity index (χ4n) is 8.50. The van der Waals surface area contributed by atoms with Crippen LogP contribution in [-0.4, -0.2) is 25.0 Å². The largest absolute Gasteiger partial charge is 0.314 e. The van der Waals surface area contributed by atoms with Crippen molar-refractivity contribution in [1.82, 2.24) is 0 Å². The smallest absolute Gasteiger partial charge is 0.154 e. The molecule has 1 unspecified atom stereocenters. The molecule has 9 rings (SSSR count). The number of benzene rings is 6. The maximum atomic E-state index is 5.27. The van der Waals surface area contributed by atoms with Crippen LogP contribution in [0.4, 0.5) is 11.4 Å². The quantitative estimate of drug-likeness (QED) is 0.101. The van der Waals surface area contributed by atoms with Gasteiger partial charge in [0.2, 0.25) is 0 Å². The molecule has 2 heterocycles. The summed E-state index contributed by atoms with van der Waals surface area (Å²) in [5.74, 6) is 0.689. The zero-order valence-electron chi connectivity index (χ0n) is 34.4. The van der Waals surface area contributed by atoms with Crippen molar-refractivity contribution in [1.29, 1.82) is 0 Å². The lowest BCUT2D eigenvalue weighted by Crippen LogP contribution is -2.38. The molecule has 6 aromatic rings. The van der Waals surface area contributed by atoms with E-state index in [0.29, 0.717) is 18.9 Å². The average molecular weight is 792 g/mol. The lowest BCUT2D eigenvalue weighted by atomic mass is 9.63. The number of amidine groups is 1. The molecule has 0 saturated carbocycles. The van der Waals surface area contributed by atoms with Gasteiger partial charge in [-0.15, -0.1) is 0 Å². The molecule has 298 valence electrons. The molecule has 1 aliphatic carbocycles. The van der Waals surface area contributed by atoms with Crippen LogP contribution in [0.3, 0.4) is 0 Å². The summed E-state index contributed by atoms with van der Waals surface area (Å²) < 4.78 is 0. The molecule has 61 heavy (non-hydrogen) atoms. The van der Waals surface area contributed by atoms with Crippen LogP contribution in [0.2, 0.25) is 0 Å². The standard InChI is InChI=1S/C41H35N3.C15H14N2/c1-30-38(27-26-37-28-33-16-12-13-21-39(33)44(37)36-24-22-31(23-25-36)29-42-2)41(34-17-8-4-9-18-34,35-19-10-5-11-20-35)40(43-30)32-14-6-3-7-15-32;1-16-15(14-10-6-3-7-11-14)17-12-13-8-4-2-5-9-13/h3-10,12-19,21-27H,1-2,11,20,28-29H2;2-11H,1,12H2/b37-26+,38-27+;. The van der Waals surface area contributed by atoms with Crippen LogP contribution in [0.15, 0.2) is 249 Å². The maximum Gasteiger partial charge on any atom is 0.154 e. The number of rotatable bonds is 10. The Labute approximate surface area is 360 Å². The Morgan fingerprint density at radius 3 is 2.00 bits per heavy atom. The van der Waals surface area contributed by atoms with Gasteiger partial charge in [-0.25, -0.2) is 4.99 Å². The fraction of sp³-hybridized carbons (Fsp3) is 0.107. The molecular weight excluding hydrogens is 743 g/mol. The van der Waals surface area contributed by atoms with Crippen LogP contribution >= 0.6 is 0 Å². The van der Waals surface area contributed by atoms with Gasteiger partial charge in [-0.2, -0.15) is 0 Å². The van der Waals surface area contributed by atoms with Crippen molar-refractivity contribution in [2.75, 3.05) is 4.90 Å². The van der Waals surface area contributed by atoms with Gasteiger partial charge in [-0.05, 0) is 89.5 Å². The first-order valence-corrected chi connectivity index (χ1v) is 20.8. The maximum absolute atomic E-state index is 5.27. The molecule has 0 aromatic heterocycles. The molecule has 0 radical (unpaired) electrons. The fourth-order valence-corrected chi connectivity index (χ4v) is 8.50. The van der Waals surface area contributed by atoms with E-state index in [1.807, 2.05) is 48.5 Å². The van der Waals surface area contributed by atoms with Crippen LogP contribution in [0.25, 0.3) is 0 Å². The molecule has 1 atom stereocenters. The first-order chi connectivity index (χ1) is 30.1. The number of allylic oxidation sites excluding steroid dienone is 8. The van der Waals surface area contributed by atoms with E-state index in [2.05, 4.69) is 192 Å². The van der Waals surface area contributed by atoms with Gasteiger partial charge in [-0.3, -0.25) is 15.0 Å². The van der Waals surface area contributed by atoms with Crippen molar-refractivity contribution in [3.8, 4) is 0 Å². The minimum Gasteiger partial charge on any atom is -0.314 e. The van der Waals surface area contributed by atoms with Crippen LogP contribution < -0.4 is 4.90 Å². The van der Waals surface area contributed by atoms with E-state index in [1.165, 1.54) is 33.6 Å². The van der Waals surface area contributed by atoms with Gasteiger partial charge in [0.1, 0.15) is 0 Å². The van der Waals surface area contributed by atoms with Crippen molar-refractivity contribution >= 4 is 36.4 Å². The van der Waals surface area contributed by atoms with E-state index in [1.54, 1.807) is 0 Å². The van der Waals surface area contributed by atoms with Crippen LogP contribution in [0.5, 0.6) is 0 Å². The SMILES string of the molecule is C=NC(=NCc1ccccc1)c1ccccc1.C=NCc1ccc(N2/C(=C/C=C3\C(=C)N=C(c4ccccc4)C3(C3=CC=CCC3)c3ccccc3)Cc3ccccc32)cc1. The first-order valence-electron chi connectivity index (χ1n) is 20.8. The van der Waals surface area contributed by atoms with E-state index in [-0.39, 0.29) is 0 Å². The first kappa shape index (κ1) is 40.3. The molecule has 0 spiro atoms. The molecule has 6 aromatic carbocycles. The zero-order valence-corrected chi connectivity index (χ0v) is 34.4. The van der Waals surface area contributed by atoms with Gasteiger partial charge in [0.25, 0.3) is 0 Å². The summed E-state index contributed by atoms with van der Waals surface area (Å²) in [7, 11) is 0. The minimum atomic E-state index is -0.545. The molecule has 0 amide bonds. The molecule has 5 heteroatoms. The second-order valence-electron chi connectivity index (χ2n) is 15.1. The summed E-state index contributed by atoms with van der Waals surface area (Å²) in [6, 6.07) is 58.8. The highest BCUT2D eigenvalue weighted by Crippen LogP contribution is 2.52. The summed E-state index contributed by atoms with van der Waals surface area (Å²) in [5.41, 5.74) is 14.3. The van der Waals surface area contributed by atoms with Crippen molar-refractivity contribution in [3.63, 3.8) is 0 Å².